The summed E-state index contributed by atoms with van der Waals surface area (Å²) in [6, 6.07) is 0.277. The summed E-state index contributed by atoms with van der Waals surface area (Å²) in [4.78, 5) is 26.5. The summed E-state index contributed by atoms with van der Waals surface area (Å²) in [6.45, 7) is 1.38. The van der Waals surface area contributed by atoms with Crippen molar-refractivity contribution in [1.29, 1.82) is 0 Å². The Morgan fingerprint density at radius 3 is 2.85 bits per heavy atom. The topological polar surface area (TPSA) is 52.0 Å². The van der Waals surface area contributed by atoms with Crippen molar-refractivity contribution in [3.63, 3.8) is 0 Å². The minimum absolute atomic E-state index is 0.189. The van der Waals surface area contributed by atoms with Crippen molar-refractivity contribution in [2.45, 2.75) is 25.8 Å². The predicted molar refractivity (Wildman–Crippen MR) is 46.8 cm³/mol. The summed E-state index contributed by atoms with van der Waals surface area (Å²) in [5, 5.41) is 0. The van der Waals surface area contributed by atoms with Gasteiger partial charge in [0.05, 0.1) is 6.33 Å². The zero-order chi connectivity index (χ0) is 9.42. The zero-order valence-electron chi connectivity index (χ0n) is 7.36. The van der Waals surface area contributed by atoms with Crippen molar-refractivity contribution in [2.75, 3.05) is 0 Å². The van der Waals surface area contributed by atoms with E-state index in [1.54, 1.807) is 4.57 Å². The third-order valence-corrected chi connectivity index (χ3v) is 2.18. The number of aromatic nitrogens is 2. The summed E-state index contributed by atoms with van der Waals surface area (Å²) in [5.74, 6) is -0.215. The molecule has 0 amide bonds. The van der Waals surface area contributed by atoms with E-state index in [2.05, 4.69) is 4.98 Å². The Morgan fingerprint density at radius 1 is 1.62 bits per heavy atom. The van der Waals surface area contributed by atoms with E-state index in [0.717, 1.165) is 12.8 Å². The van der Waals surface area contributed by atoms with E-state index >= 15 is 0 Å². The highest BCUT2D eigenvalue weighted by molar-refractivity contribution is 5.93. The van der Waals surface area contributed by atoms with Gasteiger partial charge in [-0.3, -0.25) is 14.2 Å². The predicted octanol–water partition coefficient (Wildman–Crippen LogP) is 0.781. The third-order valence-electron chi connectivity index (χ3n) is 2.18. The standard InChI is InChI=1S/C9H10N2O2/c1-6(12)8-4-10-5-11(9(8)13)7-2-3-7/h4-5,7H,2-3H2,1H3. The van der Waals surface area contributed by atoms with Crippen molar-refractivity contribution in [1.82, 2.24) is 9.55 Å². The summed E-state index contributed by atoms with van der Waals surface area (Å²) in [6.07, 6.45) is 4.88. The summed E-state index contributed by atoms with van der Waals surface area (Å²) >= 11 is 0. The van der Waals surface area contributed by atoms with E-state index in [1.165, 1.54) is 19.4 Å². The van der Waals surface area contributed by atoms with Gasteiger partial charge >= 0.3 is 0 Å². The van der Waals surface area contributed by atoms with Gasteiger partial charge in [0.15, 0.2) is 5.78 Å². The van der Waals surface area contributed by atoms with Crippen molar-refractivity contribution in [3.05, 3.63) is 28.4 Å². The number of Topliss-reactive ketones (excluding diaryl/α,β-unsaturated/α-hetero) is 1. The highest BCUT2D eigenvalue weighted by Gasteiger charge is 2.25. The number of carbonyl (C=O) groups excluding carboxylic acids is 1. The molecule has 0 bridgehead atoms. The number of rotatable bonds is 2. The number of ketones is 1. The molecule has 0 spiro atoms. The molecule has 0 saturated heterocycles. The van der Waals surface area contributed by atoms with Crippen LogP contribution in [0, 0.1) is 0 Å². The van der Waals surface area contributed by atoms with Gasteiger partial charge in [0, 0.05) is 12.2 Å². The lowest BCUT2D eigenvalue weighted by Gasteiger charge is -2.02. The molecule has 13 heavy (non-hydrogen) atoms. The minimum Gasteiger partial charge on any atom is -0.296 e. The van der Waals surface area contributed by atoms with E-state index < -0.39 is 0 Å². The van der Waals surface area contributed by atoms with Crippen LogP contribution < -0.4 is 5.56 Å². The Kier molecular flexibility index (Phi) is 1.76. The average molecular weight is 178 g/mol. The Morgan fingerprint density at radius 2 is 2.31 bits per heavy atom. The normalized spacial score (nSPS) is 15.8. The lowest BCUT2D eigenvalue weighted by atomic mass is 10.2. The lowest BCUT2D eigenvalue weighted by Crippen LogP contribution is -2.24. The van der Waals surface area contributed by atoms with Crippen molar-refractivity contribution in [2.24, 2.45) is 0 Å². The fourth-order valence-electron chi connectivity index (χ4n) is 1.28. The van der Waals surface area contributed by atoms with Crippen molar-refractivity contribution >= 4 is 5.78 Å². The van der Waals surface area contributed by atoms with Gasteiger partial charge in [-0.05, 0) is 19.8 Å². The molecule has 2 rings (SSSR count). The molecule has 4 nitrogen and oxygen atoms in total. The van der Waals surface area contributed by atoms with Crippen LogP contribution in [0.15, 0.2) is 17.3 Å². The first-order valence-corrected chi connectivity index (χ1v) is 4.27. The van der Waals surface area contributed by atoms with Gasteiger partial charge in [-0.15, -0.1) is 0 Å². The second kappa shape index (κ2) is 2.80. The molecule has 0 unspecified atom stereocenters. The molecule has 1 aliphatic carbocycles. The molecule has 4 heteroatoms. The maximum Gasteiger partial charge on any atom is 0.264 e. The zero-order valence-corrected chi connectivity index (χ0v) is 7.36. The number of hydrogen-bond acceptors (Lipinski definition) is 3. The largest absolute Gasteiger partial charge is 0.296 e. The number of nitrogens with zero attached hydrogens (tertiary/aromatic N) is 2. The molecule has 0 N–H and O–H groups in total. The van der Waals surface area contributed by atoms with Crippen LogP contribution in [0.25, 0.3) is 0 Å². The molecule has 0 aromatic carbocycles. The third kappa shape index (κ3) is 1.39. The average Bonchev–Trinajstić information content (AvgIpc) is 2.87. The van der Waals surface area contributed by atoms with Gasteiger partial charge in [0.25, 0.3) is 5.56 Å². The van der Waals surface area contributed by atoms with Crippen LogP contribution in [0.3, 0.4) is 0 Å². The highest BCUT2D eigenvalue weighted by Crippen LogP contribution is 2.32. The molecule has 0 radical (unpaired) electrons. The van der Waals surface area contributed by atoms with Crippen molar-refractivity contribution in [3.8, 4) is 0 Å². The first-order valence-electron chi connectivity index (χ1n) is 4.27. The van der Waals surface area contributed by atoms with Gasteiger partial charge in [-0.2, -0.15) is 0 Å². The van der Waals surface area contributed by atoms with Crippen LogP contribution in [0.4, 0.5) is 0 Å². The van der Waals surface area contributed by atoms with Gasteiger partial charge < -0.3 is 0 Å². The second-order valence-electron chi connectivity index (χ2n) is 3.31. The summed E-state index contributed by atoms with van der Waals surface area (Å²) in [5.41, 5.74) is -0.0144. The quantitative estimate of drug-likeness (QED) is 0.629. The highest BCUT2D eigenvalue weighted by atomic mass is 16.1. The Labute approximate surface area is 75.2 Å². The van der Waals surface area contributed by atoms with Crippen LogP contribution in [-0.4, -0.2) is 15.3 Å². The van der Waals surface area contributed by atoms with E-state index in [0.29, 0.717) is 0 Å². The fourth-order valence-corrected chi connectivity index (χ4v) is 1.28. The Bertz CT molecular complexity index is 404. The minimum atomic E-state index is -0.215. The van der Waals surface area contributed by atoms with E-state index in [1.807, 2.05) is 0 Å². The SMILES string of the molecule is CC(=O)c1cncn(C2CC2)c1=O. The molecule has 1 fully saturated rings. The summed E-state index contributed by atoms with van der Waals surface area (Å²) < 4.78 is 1.55. The monoisotopic (exact) mass is 178 g/mol. The van der Waals surface area contributed by atoms with Crippen LogP contribution in [0.5, 0.6) is 0 Å². The molecule has 0 atom stereocenters. The van der Waals surface area contributed by atoms with Crippen molar-refractivity contribution < 1.29 is 4.79 Å². The maximum absolute atomic E-state index is 11.6. The molecule has 68 valence electrons. The first-order chi connectivity index (χ1) is 6.20. The first kappa shape index (κ1) is 8.16. The van der Waals surface area contributed by atoms with Gasteiger partial charge in [-0.1, -0.05) is 0 Å². The van der Waals surface area contributed by atoms with E-state index in [-0.39, 0.29) is 22.9 Å². The maximum atomic E-state index is 11.6. The molecular formula is C9H10N2O2. The van der Waals surface area contributed by atoms with Crippen LogP contribution in [0.1, 0.15) is 36.2 Å². The molecule has 1 aliphatic rings. The Hall–Kier alpha value is -1.45. The number of carbonyl (C=O) groups is 1. The molecule has 1 aromatic rings. The second-order valence-corrected chi connectivity index (χ2v) is 3.31. The summed E-state index contributed by atoms with van der Waals surface area (Å²) in [7, 11) is 0. The van der Waals surface area contributed by atoms with Gasteiger partial charge in [0.2, 0.25) is 0 Å². The van der Waals surface area contributed by atoms with Gasteiger partial charge in [0.1, 0.15) is 5.56 Å². The smallest absolute Gasteiger partial charge is 0.264 e. The van der Waals surface area contributed by atoms with E-state index in [9.17, 15) is 9.59 Å². The lowest BCUT2D eigenvalue weighted by molar-refractivity contribution is 0.101. The number of hydrogen-bond donors (Lipinski definition) is 0. The Balaban J connectivity index is 2.54. The van der Waals surface area contributed by atoms with E-state index in [4.69, 9.17) is 0 Å². The molecule has 1 saturated carbocycles. The van der Waals surface area contributed by atoms with Crippen LogP contribution in [-0.2, 0) is 0 Å². The fraction of sp³-hybridized carbons (Fsp3) is 0.444. The molecule has 1 heterocycles. The van der Waals surface area contributed by atoms with Gasteiger partial charge in [-0.25, -0.2) is 4.98 Å². The van der Waals surface area contributed by atoms with Crippen LogP contribution >= 0.6 is 0 Å². The molecule has 1 aromatic heterocycles. The van der Waals surface area contributed by atoms with Crippen LogP contribution in [0.2, 0.25) is 0 Å². The molecule has 0 aliphatic heterocycles. The molecular weight excluding hydrogens is 168 g/mol.